The first kappa shape index (κ1) is 19.9. The van der Waals surface area contributed by atoms with E-state index < -0.39 is 42.3 Å². The zero-order valence-corrected chi connectivity index (χ0v) is 13.8. The van der Waals surface area contributed by atoms with Crippen LogP contribution in [0.4, 0.5) is 0 Å². The number of hydrogen-bond donors (Lipinski definition) is 3. The van der Waals surface area contributed by atoms with Crippen LogP contribution < -0.4 is 11.1 Å². The average molecular weight is 344 g/mol. The molecule has 0 aromatic carbocycles. The first-order chi connectivity index (χ1) is 11.3. The molecule has 9 nitrogen and oxygen atoms in total. The Bertz CT molecular complexity index is 494. The number of aliphatic carboxylic acids is 1. The minimum Gasteiger partial charge on any atom is -0.481 e. The van der Waals surface area contributed by atoms with Gasteiger partial charge in [-0.1, -0.05) is 13.3 Å². The quantitative estimate of drug-likeness (QED) is 0.416. The monoisotopic (exact) mass is 344 g/mol. The van der Waals surface area contributed by atoms with E-state index in [-0.39, 0.29) is 12.0 Å². The molecule has 4 atom stereocenters. The van der Waals surface area contributed by atoms with Crippen LogP contribution in [0.3, 0.4) is 0 Å². The second-order valence-corrected chi connectivity index (χ2v) is 5.91. The summed E-state index contributed by atoms with van der Waals surface area (Å²) < 4.78 is 9.84. The van der Waals surface area contributed by atoms with Crippen molar-refractivity contribution in [1.82, 2.24) is 5.32 Å². The molecular weight excluding hydrogens is 320 g/mol. The van der Waals surface area contributed by atoms with Crippen LogP contribution in [0.2, 0.25) is 0 Å². The van der Waals surface area contributed by atoms with Crippen LogP contribution in [0.15, 0.2) is 0 Å². The van der Waals surface area contributed by atoms with Gasteiger partial charge in [-0.05, 0) is 25.2 Å². The van der Waals surface area contributed by atoms with Crippen molar-refractivity contribution in [3.63, 3.8) is 0 Å². The van der Waals surface area contributed by atoms with Gasteiger partial charge in [-0.15, -0.1) is 0 Å². The van der Waals surface area contributed by atoms with Gasteiger partial charge >= 0.3 is 17.9 Å². The van der Waals surface area contributed by atoms with Crippen molar-refractivity contribution in [2.75, 3.05) is 7.11 Å². The zero-order chi connectivity index (χ0) is 18.3. The molecule has 0 aromatic heterocycles. The highest BCUT2D eigenvalue weighted by Gasteiger charge is 2.35. The number of nitrogens with one attached hydrogen (secondary N) is 1. The molecule has 136 valence electrons. The molecule has 1 amide bonds. The van der Waals surface area contributed by atoms with E-state index >= 15 is 0 Å². The second kappa shape index (κ2) is 9.21. The van der Waals surface area contributed by atoms with Crippen molar-refractivity contribution in [2.45, 2.75) is 57.2 Å². The van der Waals surface area contributed by atoms with Crippen molar-refractivity contribution in [2.24, 2.45) is 11.7 Å². The molecule has 4 N–H and O–H groups in total. The number of methoxy groups -OCH3 is 1. The number of carbonyl (C=O) groups is 4. The summed E-state index contributed by atoms with van der Waals surface area (Å²) in [7, 11) is 1.06. The maximum atomic E-state index is 12.2. The molecule has 1 fully saturated rings. The van der Waals surface area contributed by atoms with Gasteiger partial charge in [-0.2, -0.15) is 0 Å². The van der Waals surface area contributed by atoms with Crippen LogP contribution in [0.5, 0.6) is 0 Å². The highest BCUT2D eigenvalue weighted by Crippen LogP contribution is 2.26. The summed E-state index contributed by atoms with van der Waals surface area (Å²) in [5.41, 5.74) is 5.42. The van der Waals surface area contributed by atoms with Crippen LogP contribution >= 0.6 is 0 Å². The zero-order valence-electron chi connectivity index (χ0n) is 13.8. The predicted octanol–water partition coefficient (Wildman–Crippen LogP) is -0.432. The molecule has 0 saturated heterocycles. The summed E-state index contributed by atoms with van der Waals surface area (Å²) in [4.78, 5) is 46.4. The predicted molar refractivity (Wildman–Crippen MR) is 81.7 cm³/mol. The van der Waals surface area contributed by atoms with Crippen LogP contribution in [0.25, 0.3) is 0 Å². The molecule has 9 heteroatoms. The van der Waals surface area contributed by atoms with Gasteiger partial charge in [-0.3, -0.25) is 9.59 Å². The van der Waals surface area contributed by atoms with Crippen LogP contribution in [-0.2, 0) is 28.7 Å². The summed E-state index contributed by atoms with van der Waals surface area (Å²) in [5, 5.41) is 10.7. The van der Waals surface area contributed by atoms with Gasteiger partial charge in [0.05, 0.1) is 19.6 Å². The molecule has 1 aliphatic carbocycles. The lowest BCUT2D eigenvalue weighted by atomic mass is 9.88. The Morgan fingerprint density at radius 1 is 1.21 bits per heavy atom. The second-order valence-electron chi connectivity index (χ2n) is 5.91. The third-order valence-electron chi connectivity index (χ3n) is 3.99. The number of hydrogen-bond acceptors (Lipinski definition) is 7. The molecule has 1 rings (SSSR count). The number of rotatable bonds is 7. The topological polar surface area (TPSA) is 145 Å². The molecule has 3 unspecified atom stereocenters. The highest BCUT2D eigenvalue weighted by molar-refractivity contribution is 6.03. The summed E-state index contributed by atoms with van der Waals surface area (Å²) >= 11 is 0. The molecule has 1 saturated carbocycles. The van der Waals surface area contributed by atoms with Gasteiger partial charge in [0.15, 0.2) is 0 Å². The Kier molecular flexibility index (Phi) is 7.63. The van der Waals surface area contributed by atoms with Gasteiger partial charge < -0.3 is 25.6 Å². The van der Waals surface area contributed by atoms with Gasteiger partial charge in [0.2, 0.25) is 11.9 Å². The van der Waals surface area contributed by atoms with E-state index in [4.69, 9.17) is 15.6 Å². The van der Waals surface area contributed by atoms with Crippen LogP contribution in [0.1, 0.15) is 39.0 Å². The van der Waals surface area contributed by atoms with Crippen LogP contribution in [-0.4, -0.2) is 54.2 Å². The smallest absolute Gasteiger partial charge is 0.340 e. The van der Waals surface area contributed by atoms with E-state index in [0.29, 0.717) is 6.42 Å². The van der Waals surface area contributed by atoms with E-state index in [1.165, 1.54) is 0 Å². The van der Waals surface area contributed by atoms with Gasteiger partial charge in [0, 0.05) is 0 Å². The Hall–Kier alpha value is -2.16. The van der Waals surface area contributed by atoms with E-state index in [1.807, 2.05) is 6.92 Å². The molecule has 1 aliphatic rings. The third-order valence-corrected chi connectivity index (χ3v) is 3.99. The maximum absolute atomic E-state index is 12.2. The average Bonchev–Trinajstić information content (AvgIpc) is 2.52. The fraction of sp³-hybridized carbons (Fsp3) is 0.733. The normalized spacial score (nSPS) is 22.8. The van der Waals surface area contributed by atoms with E-state index in [9.17, 15) is 19.2 Å². The molecular formula is C15H24N2O7. The van der Waals surface area contributed by atoms with E-state index in [0.717, 1.165) is 26.4 Å². The fourth-order valence-electron chi connectivity index (χ4n) is 2.54. The Labute approximate surface area is 139 Å². The van der Waals surface area contributed by atoms with Gasteiger partial charge in [0.25, 0.3) is 0 Å². The number of carboxylic acid groups (broad SMARTS) is 1. The third kappa shape index (κ3) is 5.80. The van der Waals surface area contributed by atoms with E-state index in [2.05, 4.69) is 10.1 Å². The molecule has 24 heavy (non-hydrogen) atoms. The number of ether oxygens (including phenoxy) is 2. The van der Waals surface area contributed by atoms with Gasteiger partial charge in [0.1, 0.15) is 6.10 Å². The number of esters is 2. The molecule has 0 heterocycles. The lowest BCUT2D eigenvalue weighted by Gasteiger charge is -2.29. The minimum atomic E-state index is -1.67. The van der Waals surface area contributed by atoms with Crippen LogP contribution in [0, 0.1) is 5.92 Å². The number of carbonyl (C=O) groups excluding carboxylic acids is 3. The van der Waals surface area contributed by atoms with Crippen molar-refractivity contribution in [1.29, 1.82) is 0 Å². The largest absolute Gasteiger partial charge is 0.481 e. The van der Waals surface area contributed by atoms with Crippen molar-refractivity contribution >= 4 is 23.8 Å². The first-order valence-corrected chi connectivity index (χ1v) is 7.82. The number of carboxylic acids is 1. The number of nitrogens with two attached hydrogens (primary N) is 1. The summed E-state index contributed by atoms with van der Waals surface area (Å²) in [6.45, 7) is 1.95. The molecule has 0 radical (unpaired) electrons. The van der Waals surface area contributed by atoms with Gasteiger partial charge in [-0.25, -0.2) is 9.59 Å². The lowest BCUT2D eigenvalue weighted by molar-refractivity contribution is -0.164. The summed E-state index contributed by atoms with van der Waals surface area (Å²) in [6, 6.07) is -3.06. The fourth-order valence-corrected chi connectivity index (χ4v) is 2.54. The Morgan fingerprint density at radius 3 is 2.38 bits per heavy atom. The first-order valence-electron chi connectivity index (χ1n) is 7.82. The summed E-state index contributed by atoms with van der Waals surface area (Å²) in [6.07, 6.45) is 2.61. The van der Waals surface area contributed by atoms with Crippen molar-refractivity contribution in [3.05, 3.63) is 0 Å². The van der Waals surface area contributed by atoms with Crippen molar-refractivity contribution < 1.29 is 33.8 Å². The standard InChI is InChI=1S/C15H24N2O7/c1-8-5-3-4-6-10(8)24-15(22)12(14(21)23-2)17-13(20)9(16)7-11(18)19/h8-10,12H,3-7,16H2,1-2H3,(H,17,20)(H,18,19)/t8?,9-,10?,12?/m0/s1. The van der Waals surface area contributed by atoms with Crippen molar-refractivity contribution in [3.8, 4) is 0 Å². The van der Waals surface area contributed by atoms with E-state index in [1.54, 1.807) is 0 Å². The minimum absolute atomic E-state index is 0.158. The Balaban J connectivity index is 2.73. The Morgan fingerprint density at radius 2 is 1.83 bits per heavy atom. The molecule has 0 bridgehead atoms. The maximum Gasteiger partial charge on any atom is 0.340 e. The SMILES string of the molecule is COC(=O)C(NC(=O)[C@@H](N)CC(=O)O)C(=O)OC1CCCCC1C. The summed E-state index contributed by atoms with van der Waals surface area (Å²) in [5.74, 6) is -3.99. The molecule has 0 aromatic rings. The number of amides is 1. The lowest BCUT2D eigenvalue weighted by Crippen LogP contribution is -2.54. The highest BCUT2D eigenvalue weighted by atomic mass is 16.6. The molecule has 0 aliphatic heterocycles. The molecule has 0 spiro atoms.